The van der Waals surface area contributed by atoms with Gasteiger partial charge in [0.15, 0.2) is 0 Å². The predicted octanol–water partition coefficient (Wildman–Crippen LogP) is 28.6. The molecular formula is C99H66N2O4. The maximum Gasteiger partial charge on any atom is 0.135 e. The minimum Gasteiger partial charge on any atom is -0.456 e. The SMILES string of the molecule is CC1(C)c2ccccc2-c2ccc(N(c3ccc(-c4ccc5oc6ccccc6c5c4)cc3)c3ccc(-c4ccc5oc6ccccc6c5c4)cc3)cc21.c1ccc(-c2ccc(N(c3ccc(-c4ccc5oc6ccccc6c5c4)cc3)c3ccc(-c4ccc5oc6ccccc6c5c4)cc3)cc2)cc1. The maximum absolute atomic E-state index is 6.12. The van der Waals surface area contributed by atoms with Crippen LogP contribution in [0.25, 0.3) is 155 Å². The van der Waals surface area contributed by atoms with Crippen LogP contribution in [0.4, 0.5) is 34.1 Å². The lowest BCUT2D eigenvalue weighted by atomic mass is 9.82. The van der Waals surface area contributed by atoms with Gasteiger partial charge in [-0.15, -0.1) is 0 Å². The number of nitrogens with zero attached hydrogens (tertiary/aromatic N) is 2. The van der Waals surface area contributed by atoms with Gasteiger partial charge < -0.3 is 27.5 Å². The molecule has 6 nitrogen and oxygen atoms in total. The van der Waals surface area contributed by atoms with Gasteiger partial charge in [0.2, 0.25) is 0 Å². The summed E-state index contributed by atoms with van der Waals surface area (Å²) in [6, 6.07) is 130. The second-order valence-electron chi connectivity index (χ2n) is 27.9. The van der Waals surface area contributed by atoms with Crippen molar-refractivity contribution in [3.8, 4) is 66.8 Å². The van der Waals surface area contributed by atoms with E-state index in [2.05, 4.69) is 339 Å². The van der Waals surface area contributed by atoms with Gasteiger partial charge in [-0.25, -0.2) is 0 Å². The molecule has 0 fully saturated rings. The second kappa shape index (κ2) is 24.8. The summed E-state index contributed by atoms with van der Waals surface area (Å²) in [6.07, 6.45) is 0. The highest BCUT2D eigenvalue weighted by atomic mass is 16.3. The Kier molecular flexibility index (Phi) is 14.5. The lowest BCUT2D eigenvalue weighted by Gasteiger charge is -2.28. The fourth-order valence-corrected chi connectivity index (χ4v) is 16.0. The predicted molar refractivity (Wildman–Crippen MR) is 436 cm³/mol. The molecule has 1 aliphatic carbocycles. The van der Waals surface area contributed by atoms with Crippen LogP contribution in [-0.2, 0) is 5.41 Å². The fourth-order valence-electron chi connectivity index (χ4n) is 16.0. The van der Waals surface area contributed by atoms with Crippen molar-refractivity contribution in [2.24, 2.45) is 0 Å². The van der Waals surface area contributed by atoms with Gasteiger partial charge >= 0.3 is 0 Å². The smallest absolute Gasteiger partial charge is 0.135 e. The van der Waals surface area contributed by atoms with Crippen molar-refractivity contribution in [2.45, 2.75) is 19.3 Å². The van der Waals surface area contributed by atoms with E-state index in [9.17, 15) is 0 Å². The lowest BCUT2D eigenvalue weighted by Crippen LogP contribution is -2.16. The van der Waals surface area contributed by atoms with Gasteiger partial charge in [0, 0.05) is 82.6 Å². The van der Waals surface area contributed by atoms with E-state index < -0.39 is 0 Å². The standard InChI is InChI=1S/C51H35NO2.C48H31NO2/c1-51(2)45-12-6-3-9-39(45)40-26-25-38(31-46(40)51)52(36-21-15-32(16-22-36)34-19-27-49-43(29-34)41-10-4-7-13-47(41)53-49)37-23-17-33(18-24-37)35-20-28-50-44(30-35)42-11-5-8-14-48(42)54-50;1-2-8-32(9-3-1)33-14-22-38(23-15-33)49(39-24-16-34(17-25-39)36-20-28-47-43(30-36)41-10-4-6-12-45(41)50-47)40-26-18-35(19-27-40)37-21-29-48-44(31-37)42-11-5-7-13-46(42)51-48/h3-31H,1-2H3;1-31H. The highest BCUT2D eigenvalue weighted by molar-refractivity contribution is 6.10. The Morgan fingerprint density at radius 1 is 0.181 bits per heavy atom. The molecule has 496 valence electrons. The van der Waals surface area contributed by atoms with Crippen molar-refractivity contribution in [1.82, 2.24) is 0 Å². The van der Waals surface area contributed by atoms with Crippen molar-refractivity contribution < 1.29 is 17.7 Å². The molecule has 0 N–H and O–H groups in total. The first kappa shape index (κ1) is 61.2. The molecular weight excluding hydrogens is 1280 g/mol. The number of fused-ring (bicyclic) bond motifs is 15. The third-order valence-electron chi connectivity index (χ3n) is 21.4. The summed E-state index contributed by atoms with van der Waals surface area (Å²) >= 11 is 0. The molecule has 6 heteroatoms. The van der Waals surface area contributed by atoms with Crippen molar-refractivity contribution in [3.05, 3.63) is 375 Å². The van der Waals surface area contributed by atoms with Gasteiger partial charge in [-0.2, -0.15) is 0 Å². The monoisotopic (exact) mass is 1350 g/mol. The number of anilines is 6. The van der Waals surface area contributed by atoms with Crippen molar-refractivity contribution >= 4 is 122 Å². The van der Waals surface area contributed by atoms with E-state index in [-0.39, 0.29) is 5.41 Å². The average molecular weight is 1350 g/mol. The minimum atomic E-state index is -0.104. The molecule has 0 saturated heterocycles. The Hall–Kier alpha value is -13.7. The summed E-state index contributed by atoms with van der Waals surface area (Å²) in [7, 11) is 0. The molecule has 0 unspecified atom stereocenters. The molecule has 0 saturated carbocycles. The van der Waals surface area contributed by atoms with Gasteiger partial charge in [-0.05, 0) is 223 Å². The summed E-state index contributed by atoms with van der Waals surface area (Å²) in [5.74, 6) is 0. The van der Waals surface area contributed by atoms with Crippen molar-refractivity contribution in [2.75, 3.05) is 9.80 Å². The first-order chi connectivity index (χ1) is 51.7. The quantitative estimate of drug-likeness (QED) is 0.129. The fraction of sp³-hybridized carbons (Fsp3) is 0.0303. The van der Waals surface area contributed by atoms with Crippen LogP contribution in [0.3, 0.4) is 0 Å². The molecule has 4 aromatic heterocycles. The largest absolute Gasteiger partial charge is 0.456 e. The molecule has 0 radical (unpaired) electrons. The van der Waals surface area contributed by atoms with Crippen molar-refractivity contribution in [3.63, 3.8) is 0 Å². The molecule has 0 atom stereocenters. The number of para-hydroxylation sites is 4. The molecule has 0 spiro atoms. The van der Waals surface area contributed by atoms with Gasteiger partial charge in [0.25, 0.3) is 0 Å². The first-order valence-corrected chi connectivity index (χ1v) is 35.8. The first-order valence-electron chi connectivity index (χ1n) is 35.8. The third-order valence-corrected chi connectivity index (χ3v) is 21.4. The molecule has 0 amide bonds. The summed E-state index contributed by atoms with van der Waals surface area (Å²) in [5, 5.41) is 9.09. The Morgan fingerprint density at radius 2 is 0.429 bits per heavy atom. The number of hydrogen-bond donors (Lipinski definition) is 0. The van der Waals surface area contributed by atoms with Crippen LogP contribution >= 0.6 is 0 Å². The van der Waals surface area contributed by atoms with E-state index in [4.69, 9.17) is 17.7 Å². The number of benzene rings is 16. The number of rotatable bonds is 11. The molecule has 0 aliphatic heterocycles. The zero-order chi connectivity index (χ0) is 69.7. The zero-order valence-corrected chi connectivity index (χ0v) is 57.7. The average Bonchev–Trinajstić information content (AvgIpc) is 1.56. The van der Waals surface area contributed by atoms with Crippen LogP contribution in [0.15, 0.2) is 382 Å². The molecule has 4 heterocycles. The molecule has 105 heavy (non-hydrogen) atoms. The normalized spacial score (nSPS) is 12.4. The number of hydrogen-bond acceptors (Lipinski definition) is 6. The highest BCUT2D eigenvalue weighted by Gasteiger charge is 2.36. The van der Waals surface area contributed by atoms with E-state index in [0.29, 0.717) is 0 Å². The summed E-state index contributed by atoms with van der Waals surface area (Å²) in [5.41, 5.74) is 30.8. The van der Waals surface area contributed by atoms with Gasteiger partial charge in [0.1, 0.15) is 44.7 Å². The second-order valence-corrected chi connectivity index (χ2v) is 27.9. The molecule has 0 bridgehead atoms. The van der Waals surface area contributed by atoms with E-state index in [0.717, 1.165) is 166 Å². The van der Waals surface area contributed by atoms with E-state index in [1.165, 1.54) is 33.4 Å². The Morgan fingerprint density at radius 3 is 0.781 bits per heavy atom. The van der Waals surface area contributed by atoms with E-state index in [1.54, 1.807) is 0 Å². The topological polar surface area (TPSA) is 59.0 Å². The van der Waals surface area contributed by atoms with Gasteiger partial charge in [-0.3, -0.25) is 0 Å². The van der Waals surface area contributed by atoms with E-state index >= 15 is 0 Å². The Bertz CT molecular complexity index is 6400. The molecule has 16 aromatic carbocycles. The zero-order valence-electron chi connectivity index (χ0n) is 57.7. The Balaban J connectivity index is 0.000000140. The highest BCUT2D eigenvalue weighted by Crippen LogP contribution is 2.51. The molecule has 1 aliphatic rings. The molecule has 20 aromatic rings. The lowest BCUT2D eigenvalue weighted by molar-refractivity contribution is 0.660. The van der Waals surface area contributed by atoms with Gasteiger partial charge in [-0.1, -0.05) is 232 Å². The van der Waals surface area contributed by atoms with E-state index in [1.807, 2.05) is 48.5 Å². The minimum absolute atomic E-state index is 0.104. The summed E-state index contributed by atoms with van der Waals surface area (Å²) < 4.78 is 24.4. The van der Waals surface area contributed by atoms with Crippen molar-refractivity contribution in [1.29, 1.82) is 0 Å². The van der Waals surface area contributed by atoms with Crippen LogP contribution in [-0.4, -0.2) is 0 Å². The maximum atomic E-state index is 6.12. The van der Waals surface area contributed by atoms with Crippen LogP contribution < -0.4 is 9.80 Å². The van der Waals surface area contributed by atoms with Crippen LogP contribution in [0.2, 0.25) is 0 Å². The number of furan rings is 4. The molecule has 21 rings (SSSR count). The van der Waals surface area contributed by atoms with Crippen LogP contribution in [0.1, 0.15) is 25.0 Å². The van der Waals surface area contributed by atoms with Gasteiger partial charge in [0.05, 0.1) is 0 Å². The van der Waals surface area contributed by atoms with Crippen LogP contribution in [0.5, 0.6) is 0 Å². The summed E-state index contributed by atoms with van der Waals surface area (Å²) in [6.45, 7) is 4.69. The third kappa shape index (κ3) is 10.7. The van der Waals surface area contributed by atoms with Crippen LogP contribution in [0, 0.1) is 0 Å². The Labute approximate surface area is 606 Å². The summed E-state index contributed by atoms with van der Waals surface area (Å²) in [4.78, 5) is 4.70.